The Hall–Kier alpha value is -1.55. The smallest absolute Gasteiger partial charge is 0.269 e. The lowest BCUT2D eigenvalue weighted by molar-refractivity contribution is -0.384. The van der Waals surface area contributed by atoms with E-state index in [0.717, 1.165) is 0 Å². The fraction of sp³-hybridized carbons (Fsp3) is 0.125. The molecular weight excluding hydrogens is 506 g/mol. The van der Waals surface area contributed by atoms with Crippen LogP contribution in [0.15, 0.2) is 42.5 Å². The lowest BCUT2D eigenvalue weighted by Gasteiger charge is -2.28. The summed E-state index contributed by atoms with van der Waals surface area (Å²) in [5.41, 5.74) is 0.280. The van der Waals surface area contributed by atoms with E-state index in [-0.39, 0.29) is 16.4 Å². The SMILES string of the molecule is O=C(NC(NC(=S)Nc1c(Cl)cccc1Cl)C(Cl)(Cl)Cl)c1ccc([N+](=O)[O-])cc1. The minimum Gasteiger partial charge on any atom is -0.339 e. The first-order valence-corrected chi connectivity index (χ1v) is 9.92. The van der Waals surface area contributed by atoms with Gasteiger partial charge in [0.15, 0.2) is 5.11 Å². The molecule has 1 atom stereocenters. The van der Waals surface area contributed by atoms with Gasteiger partial charge in [0.25, 0.3) is 11.6 Å². The summed E-state index contributed by atoms with van der Waals surface area (Å²) in [5.74, 6) is -0.651. The molecule has 0 spiro atoms. The van der Waals surface area contributed by atoms with E-state index in [0.29, 0.717) is 15.7 Å². The Kier molecular flexibility index (Phi) is 8.16. The van der Waals surface area contributed by atoms with Crippen LogP contribution in [0.3, 0.4) is 0 Å². The van der Waals surface area contributed by atoms with Crippen molar-refractivity contribution in [2.45, 2.75) is 9.96 Å². The summed E-state index contributed by atoms with van der Waals surface area (Å²) in [6.07, 6.45) is -1.25. The van der Waals surface area contributed by atoms with Crippen LogP contribution in [0.25, 0.3) is 0 Å². The second-order valence-corrected chi connectivity index (χ2v) is 9.04. The highest BCUT2D eigenvalue weighted by molar-refractivity contribution is 7.80. The van der Waals surface area contributed by atoms with E-state index in [4.69, 9.17) is 70.2 Å². The quantitative estimate of drug-likeness (QED) is 0.164. The van der Waals surface area contributed by atoms with Crippen molar-refractivity contribution < 1.29 is 9.72 Å². The van der Waals surface area contributed by atoms with E-state index in [1.54, 1.807) is 18.2 Å². The number of nitrogens with zero attached hydrogens (tertiary/aromatic N) is 1. The average Bonchev–Trinajstić information content (AvgIpc) is 2.63. The third kappa shape index (κ3) is 6.74. The molecule has 2 rings (SSSR count). The minimum absolute atomic E-state index is 0.0275. The average molecular weight is 517 g/mol. The van der Waals surface area contributed by atoms with Crippen molar-refractivity contribution in [2.24, 2.45) is 0 Å². The van der Waals surface area contributed by atoms with Crippen molar-refractivity contribution in [2.75, 3.05) is 5.32 Å². The van der Waals surface area contributed by atoms with Crippen LogP contribution >= 0.6 is 70.2 Å². The number of carbonyl (C=O) groups is 1. The Morgan fingerprint density at radius 3 is 2.07 bits per heavy atom. The van der Waals surface area contributed by atoms with Crippen molar-refractivity contribution in [1.82, 2.24) is 10.6 Å². The van der Waals surface area contributed by atoms with Crippen LogP contribution in [0.5, 0.6) is 0 Å². The highest BCUT2D eigenvalue weighted by Crippen LogP contribution is 2.31. The Bertz CT molecular complexity index is 917. The Balaban J connectivity index is 2.12. The Morgan fingerprint density at radius 1 is 1.03 bits per heavy atom. The number of non-ortho nitro benzene ring substituents is 1. The molecule has 0 aliphatic carbocycles. The number of benzene rings is 2. The summed E-state index contributed by atoms with van der Waals surface area (Å²) in [7, 11) is 0. The molecule has 0 aromatic heterocycles. The van der Waals surface area contributed by atoms with Crippen LogP contribution in [-0.4, -0.2) is 25.9 Å². The van der Waals surface area contributed by atoms with Gasteiger partial charge in [0, 0.05) is 17.7 Å². The summed E-state index contributed by atoms with van der Waals surface area (Å²) in [6.45, 7) is 0. The third-order valence-corrected chi connectivity index (χ3v) is 4.92. The molecular formula is C16H11Cl5N4O3S. The normalized spacial score (nSPS) is 12.0. The molecule has 0 saturated carbocycles. The number of nitrogens with one attached hydrogen (secondary N) is 3. The largest absolute Gasteiger partial charge is 0.339 e. The molecule has 1 amide bonds. The van der Waals surface area contributed by atoms with Crippen LogP contribution < -0.4 is 16.0 Å². The Morgan fingerprint density at radius 2 is 1.59 bits per heavy atom. The number of carbonyl (C=O) groups excluding carboxylic acids is 1. The van der Waals surface area contributed by atoms with Gasteiger partial charge in [-0.25, -0.2) is 0 Å². The van der Waals surface area contributed by atoms with Gasteiger partial charge >= 0.3 is 0 Å². The van der Waals surface area contributed by atoms with Crippen molar-refractivity contribution >= 4 is 92.6 Å². The maximum absolute atomic E-state index is 12.4. The molecule has 1 unspecified atom stereocenters. The summed E-state index contributed by atoms with van der Waals surface area (Å²) in [6, 6.07) is 9.74. The number of hydrogen-bond donors (Lipinski definition) is 3. The van der Waals surface area contributed by atoms with Gasteiger partial charge in [-0.1, -0.05) is 64.1 Å². The molecule has 0 saturated heterocycles. The van der Waals surface area contributed by atoms with Gasteiger partial charge in [-0.05, 0) is 36.5 Å². The zero-order valence-electron chi connectivity index (χ0n) is 14.1. The molecule has 7 nitrogen and oxygen atoms in total. The lowest BCUT2D eigenvalue weighted by atomic mass is 10.2. The van der Waals surface area contributed by atoms with Crippen LogP contribution in [0, 0.1) is 10.1 Å². The van der Waals surface area contributed by atoms with Gasteiger partial charge in [-0.2, -0.15) is 0 Å². The zero-order valence-corrected chi connectivity index (χ0v) is 18.7. The first kappa shape index (κ1) is 23.7. The highest BCUT2D eigenvalue weighted by Gasteiger charge is 2.35. The van der Waals surface area contributed by atoms with E-state index in [2.05, 4.69) is 16.0 Å². The molecule has 0 fully saturated rings. The first-order chi connectivity index (χ1) is 13.5. The van der Waals surface area contributed by atoms with Gasteiger partial charge in [0.1, 0.15) is 6.17 Å². The molecule has 0 aliphatic rings. The minimum atomic E-state index is -1.99. The summed E-state index contributed by atoms with van der Waals surface area (Å²) < 4.78 is -1.99. The molecule has 154 valence electrons. The van der Waals surface area contributed by atoms with Crippen molar-refractivity contribution in [1.29, 1.82) is 0 Å². The Labute approximate surface area is 195 Å². The van der Waals surface area contributed by atoms with Gasteiger partial charge in [-0.15, -0.1) is 0 Å². The van der Waals surface area contributed by atoms with Gasteiger partial charge in [-0.3, -0.25) is 14.9 Å². The molecule has 0 bridgehead atoms. The number of alkyl halides is 3. The number of nitro benzene ring substituents is 1. The third-order valence-electron chi connectivity index (χ3n) is 3.42. The monoisotopic (exact) mass is 514 g/mol. The topological polar surface area (TPSA) is 96.3 Å². The van der Waals surface area contributed by atoms with Gasteiger partial charge < -0.3 is 16.0 Å². The highest BCUT2D eigenvalue weighted by atomic mass is 35.6. The number of anilines is 1. The predicted molar refractivity (Wildman–Crippen MR) is 120 cm³/mol. The number of amides is 1. The van der Waals surface area contributed by atoms with Crippen LogP contribution in [0.1, 0.15) is 10.4 Å². The first-order valence-electron chi connectivity index (χ1n) is 7.62. The summed E-state index contributed by atoms with van der Waals surface area (Å²) >= 11 is 35.1. The second-order valence-electron chi connectivity index (χ2n) is 5.45. The van der Waals surface area contributed by atoms with E-state index < -0.39 is 20.8 Å². The van der Waals surface area contributed by atoms with E-state index in [1.807, 2.05) is 0 Å². The number of halogens is 5. The van der Waals surface area contributed by atoms with Crippen LogP contribution in [-0.2, 0) is 0 Å². The summed E-state index contributed by atoms with van der Waals surface area (Å²) in [4.78, 5) is 22.6. The number of para-hydroxylation sites is 1. The fourth-order valence-electron chi connectivity index (χ4n) is 2.05. The standard InChI is InChI=1S/C16H11Cl5N4O3S/c17-10-2-1-3-11(18)12(10)22-15(29)24-14(16(19,20)21)23-13(26)8-4-6-9(7-5-8)25(27)28/h1-7,14H,(H,23,26)(H2,22,24,29). The fourth-order valence-corrected chi connectivity index (χ4v) is 3.09. The molecule has 13 heteroatoms. The molecule has 2 aromatic carbocycles. The van der Waals surface area contributed by atoms with E-state index in [1.165, 1.54) is 24.3 Å². The molecule has 2 aromatic rings. The molecule has 0 radical (unpaired) electrons. The lowest BCUT2D eigenvalue weighted by Crippen LogP contribution is -2.56. The maximum atomic E-state index is 12.4. The maximum Gasteiger partial charge on any atom is 0.269 e. The number of nitro groups is 1. The van der Waals surface area contributed by atoms with Crippen LogP contribution in [0.2, 0.25) is 10.0 Å². The predicted octanol–water partition coefficient (Wildman–Crippen LogP) is 5.31. The number of thiocarbonyl (C=S) groups is 1. The van der Waals surface area contributed by atoms with Crippen LogP contribution in [0.4, 0.5) is 11.4 Å². The van der Waals surface area contributed by atoms with E-state index in [9.17, 15) is 14.9 Å². The van der Waals surface area contributed by atoms with Crippen molar-refractivity contribution in [3.05, 3.63) is 68.2 Å². The van der Waals surface area contributed by atoms with Gasteiger partial charge in [0.2, 0.25) is 3.79 Å². The molecule has 0 heterocycles. The van der Waals surface area contributed by atoms with Gasteiger partial charge in [0.05, 0.1) is 20.7 Å². The second kappa shape index (κ2) is 9.97. The molecule has 3 N–H and O–H groups in total. The van der Waals surface area contributed by atoms with Crippen molar-refractivity contribution in [3.63, 3.8) is 0 Å². The number of hydrogen-bond acceptors (Lipinski definition) is 4. The summed E-state index contributed by atoms with van der Waals surface area (Å²) in [5, 5.41) is 19.2. The molecule has 0 aliphatic heterocycles. The van der Waals surface area contributed by atoms with E-state index >= 15 is 0 Å². The number of rotatable bonds is 5. The zero-order chi connectivity index (χ0) is 21.8. The molecule has 29 heavy (non-hydrogen) atoms. The van der Waals surface area contributed by atoms with Crippen molar-refractivity contribution in [3.8, 4) is 0 Å².